The fourth-order valence-corrected chi connectivity index (χ4v) is 4.75. The molecule has 0 aromatic rings. The Morgan fingerprint density at radius 3 is 2.35 bits per heavy atom. The molecule has 1 spiro atoms. The maximum Gasteiger partial charge on any atom is 0.416 e. The van der Waals surface area contributed by atoms with E-state index < -0.39 is 11.8 Å². The number of rotatable bonds is 2. The quantitative estimate of drug-likeness (QED) is 0.794. The van der Waals surface area contributed by atoms with Crippen LogP contribution in [0.1, 0.15) is 39.5 Å². The van der Waals surface area contributed by atoms with E-state index in [-0.39, 0.29) is 12.3 Å². The van der Waals surface area contributed by atoms with Gasteiger partial charge in [0.1, 0.15) is 0 Å². The molecule has 0 amide bonds. The van der Waals surface area contributed by atoms with Crippen molar-refractivity contribution >= 4 is 0 Å². The van der Waals surface area contributed by atoms with Gasteiger partial charge in [-0.2, -0.15) is 13.2 Å². The van der Waals surface area contributed by atoms with Gasteiger partial charge in [-0.3, -0.25) is 0 Å². The highest BCUT2D eigenvalue weighted by Crippen LogP contribution is 2.77. The van der Waals surface area contributed by atoms with E-state index in [9.17, 15) is 18.3 Å². The Kier molecular flexibility index (Phi) is 2.09. The molecule has 3 saturated carbocycles. The summed E-state index contributed by atoms with van der Waals surface area (Å²) < 4.78 is 38.0. The van der Waals surface area contributed by atoms with Crippen LogP contribution >= 0.6 is 0 Å². The van der Waals surface area contributed by atoms with Gasteiger partial charge in [-0.15, -0.1) is 0 Å². The van der Waals surface area contributed by atoms with E-state index in [0.29, 0.717) is 17.3 Å². The molecule has 0 heterocycles. The third kappa shape index (κ3) is 1.49. The topological polar surface area (TPSA) is 20.2 Å². The lowest BCUT2D eigenvalue weighted by Gasteiger charge is -2.34. The van der Waals surface area contributed by atoms with Gasteiger partial charge in [-0.05, 0) is 61.7 Å². The van der Waals surface area contributed by atoms with E-state index in [2.05, 4.69) is 6.92 Å². The van der Waals surface area contributed by atoms with E-state index in [4.69, 9.17) is 0 Å². The van der Waals surface area contributed by atoms with Crippen LogP contribution in [-0.2, 0) is 0 Å². The molecular weight excluding hydrogens is 229 g/mol. The molecular formula is C13H19F3O. The van der Waals surface area contributed by atoms with Crippen LogP contribution in [-0.4, -0.2) is 16.9 Å². The number of hydrogen-bond acceptors (Lipinski definition) is 1. The van der Waals surface area contributed by atoms with Crippen molar-refractivity contribution in [2.75, 3.05) is 0 Å². The van der Waals surface area contributed by atoms with E-state index in [1.54, 1.807) is 0 Å². The SMILES string of the molecule is CC1C2CC3(CC2CC(C)(O)C(F)(F)F)CC13. The van der Waals surface area contributed by atoms with Crippen molar-refractivity contribution in [3.05, 3.63) is 0 Å². The van der Waals surface area contributed by atoms with Gasteiger partial charge in [0.05, 0.1) is 0 Å². The second-order valence-corrected chi connectivity index (χ2v) is 6.84. The van der Waals surface area contributed by atoms with Crippen LogP contribution in [0.15, 0.2) is 0 Å². The highest BCUT2D eigenvalue weighted by Gasteiger charge is 2.70. The van der Waals surface area contributed by atoms with Gasteiger partial charge in [0.2, 0.25) is 0 Å². The molecule has 0 saturated heterocycles. The average Bonchev–Trinajstić information content (AvgIpc) is 2.65. The summed E-state index contributed by atoms with van der Waals surface area (Å²) in [4.78, 5) is 0. The van der Waals surface area contributed by atoms with Crippen molar-refractivity contribution in [1.82, 2.24) is 0 Å². The number of hydrogen-bond donors (Lipinski definition) is 1. The Hall–Kier alpha value is -0.250. The van der Waals surface area contributed by atoms with Crippen LogP contribution in [0.3, 0.4) is 0 Å². The third-order valence-corrected chi connectivity index (χ3v) is 5.75. The first-order chi connectivity index (χ1) is 7.66. The number of alkyl halides is 3. The Morgan fingerprint density at radius 2 is 1.88 bits per heavy atom. The monoisotopic (exact) mass is 248 g/mol. The minimum absolute atomic E-state index is 0.0698. The van der Waals surface area contributed by atoms with Crippen LogP contribution < -0.4 is 0 Å². The Balaban J connectivity index is 1.72. The smallest absolute Gasteiger partial charge is 0.381 e. The fraction of sp³-hybridized carbons (Fsp3) is 1.00. The molecule has 17 heavy (non-hydrogen) atoms. The van der Waals surface area contributed by atoms with Gasteiger partial charge in [0.15, 0.2) is 5.60 Å². The highest BCUT2D eigenvalue weighted by molar-refractivity contribution is 5.19. The van der Waals surface area contributed by atoms with E-state index in [1.165, 1.54) is 6.42 Å². The molecule has 3 aliphatic rings. The lowest BCUT2D eigenvalue weighted by molar-refractivity contribution is -0.259. The van der Waals surface area contributed by atoms with Gasteiger partial charge < -0.3 is 5.11 Å². The summed E-state index contributed by atoms with van der Waals surface area (Å²) >= 11 is 0. The second-order valence-electron chi connectivity index (χ2n) is 6.84. The largest absolute Gasteiger partial charge is 0.416 e. The maximum absolute atomic E-state index is 12.7. The van der Waals surface area contributed by atoms with Gasteiger partial charge in [-0.25, -0.2) is 0 Å². The summed E-state index contributed by atoms with van der Waals surface area (Å²) in [5.41, 5.74) is -2.13. The first-order valence-corrected chi connectivity index (χ1v) is 6.45. The maximum atomic E-state index is 12.7. The molecule has 6 atom stereocenters. The number of aliphatic hydroxyl groups is 1. The number of fused-ring (bicyclic) bond motifs is 1. The summed E-state index contributed by atoms with van der Waals surface area (Å²) in [5.74, 6) is 1.83. The van der Waals surface area contributed by atoms with Crippen molar-refractivity contribution in [3.8, 4) is 0 Å². The zero-order chi connectivity index (χ0) is 12.6. The minimum atomic E-state index is -4.50. The fourth-order valence-electron chi connectivity index (χ4n) is 4.75. The predicted octanol–water partition coefficient (Wildman–Crippen LogP) is 3.37. The van der Waals surface area contributed by atoms with Crippen LogP contribution in [0.4, 0.5) is 13.2 Å². The van der Waals surface area contributed by atoms with Crippen LogP contribution in [0, 0.1) is 29.1 Å². The molecule has 4 heteroatoms. The van der Waals surface area contributed by atoms with Gasteiger partial charge in [0.25, 0.3) is 0 Å². The van der Waals surface area contributed by atoms with Gasteiger partial charge >= 0.3 is 6.18 Å². The van der Waals surface area contributed by atoms with Gasteiger partial charge in [0, 0.05) is 0 Å². The third-order valence-electron chi connectivity index (χ3n) is 5.75. The zero-order valence-electron chi connectivity index (χ0n) is 10.2. The molecule has 0 aromatic heterocycles. The van der Waals surface area contributed by atoms with Crippen LogP contribution in [0.25, 0.3) is 0 Å². The molecule has 6 unspecified atom stereocenters. The predicted molar refractivity (Wildman–Crippen MR) is 57.2 cm³/mol. The van der Waals surface area contributed by atoms with Crippen molar-refractivity contribution in [2.45, 2.75) is 51.3 Å². The van der Waals surface area contributed by atoms with E-state index >= 15 is 0 Å². The molecule has 3 fully saturated rings. The number of halogens is 3. The van der Waals surface area contributed by atoms with E-state index in [0.717, 1.165) is 25.7 Å². The second kappa shape index (κ2) is 3.01. The Bertz CT molecular complexity index is 349. The summed E-state index contributed by atoms with van der Waals surface area (Å²) in [7, 11) is 0. The molecule has 2 bridgehead atoms. The van der Waals surface area contributed by atoms with Gasteiger partial charge in [-0.1, -0.05) is 6.92 Å². The molecule has 0 aliphatic heterocycles. The van der Waals surface area contributed by atoms with Crippen LogP contribution in [0.2, 0.25) is 0 Å². The molecule has 0 radical (unpaired) electrons. The zero-order valence-corrected chi connectivity index (χ0v) is 10.2. The molecule has 0 aromatic carbocycles. The Morgan fingerprint density at radius 1 is 1.24 bits per heavy atom. The van der Waals surface area contributed by atoms with Crippen molar-refractivity contribution in [1.29, 1.82) is 0 Å². The Labute approximate surface area is 99.4 Å². The minimum Gasteiger partial charge on any atom is -0.381 e. The van der Waals surface area contributed by atoms with Crippen molar-refractivity contribution in [3.63, 3.8) is 0 Å². The van der Waals surface area contributed by atoms with E-state index in [1.807, 2.05) is 0 Å². The summed E-state index contributed by atoms with van der Waals surface area (Å²) in [6, 6.07) is 0. The highest BCUT2D eigenvalue weighted by atomic mass is 19.4. The summed E-state index contributed by atoms with van der Waals surface area (Å²) in [6.45, 7) is 3.10. The first kappa shape index (κ1) is 11.8. The van der Waals surface area contributed by atoms with Crippen molar-refractivity contribution in [2.24, 2.45) is 29.1 Å². The molecule has 1 N–H and O–H groups in total. The summed E-state index contributed by atoms with van der Waals surface area (Å²) in [5, 5.41) is 9.60. The summed E-state index contributed by atoms with van der Waals surface area (Å²) in [6.07, 6.45) is -1.37. The average molecular weight is 248 g/mol. The molecule has 3 rings (SSSR count). The normalized spacial score (nSPS) is 51.2. The van der Waals surface area contributed by atoms with Crippen molar-refractivity contribution < 1.29 is 18.3 Å². The standard InChI is InChI=1S/C13H19F3O/c1-7-9-5-12(6-10(7)12)4-8(9)3-11(2,17)13(14,15)16/h7-10,17H,3-6H2,1-2H3. The van der Waals surface area contributed by atoms with Crippen LogP contribution in [0.5, 0.6) is 0 Å². The molecule has 3 aliphatic carbocycles. The molecule has 98 valence electrons. The lowest BCUT2D eigenvalue weighted by Crippen LogP contribution is -2.44. The molecule has 1 nitrogen and oxygen atoms in total. The lowest BCUT2D eigenvalue weighted by atomic mass is 9.76. The first-order valence-electron chi connectivity index (χ1n) is 6.45.